The smallest absolute Gasteiger partial charge is 0.0675 e. The van der Waals surface area contributed by atoms with E-state index in [-0.39, 0.29) is 0 Å². The maximum absolute atomic E-state index is 4.82. The Hall–Kier alpha value is -2.67. The van der Waals surface area contributed by atoms with Crippen LogP contribution in [0.15, 0.2) is 83.9 Å². The van der Waals surface area contributed by atoms with E-state index in [1.165, 1.54) is 22.3 Å². The predicted molar refractivity (Wildman–Crippen MR) is 88.2 cm³/mol. The molecule has 0 amide bonds. The zero-order chi connectivity index (χ0) is 14.1. The van der Waals surface area contributed by atoms with Crippen LogP contribution in [0.3, 0.4) is 0 Å². The number of fused-ring (bicyclic) bond motifs is 1. The summed E-state index contributed by atoms with van der Waals surface area (Å²) in [7, 11) is 0. The molecule has 0 bridgehead atoms. The molecule has 1 aliphatic heterocycles. The number of hydrogen-bond acceptors (Lipinski definition) is 1. The minimum atomic E-state index is 0.925. The molecule has 0 atom stereocenters. The molecule has 0 unspecified atom stereocenters. The van der Waals surface area contributed by atoms with Gasteiger partial charge in [-0.05, 0) is 28.3 Å². The van der Waals surface area contributed by atoms with Crippen molar-refractivity contribution in [1.29, 1.82) is 0 Å². The van der Waals surface area contributed by atoms with Gasteiger partial charge in [0.1, 0.15) is 0 Å². The van der Waals surface area contributed by atoms with E-state index in [0.717, 1.165) is 17.8 Å². The van der Waals surface area contributed by atoms with Crippen molar-refractivity contribution < 1.29 is 0 Å². The Labute approximate surface area is 124 Å². The van der Waals surface area contributed by atoms with E-state index in [1.807, 2.05) is 12.1 Å². The van der Waals surface area contributed by atoms with Gasteiger partial charge in [0.2, 0.25) is 0 Å². The summed E-state index contributed by atoms with van der Waals surface area (Å²) in [5.41, 5.74) is 7.27. The monoisotopic (exact) mass is 269 g/mol. The topological polar surface area (TPSA) is 12.4 Å². The highest BCUT2D eigenvalue weighted by molar-refractivity contribution is 6.06. The fourth-order valence-corrected chi connectivity index (χ4v) is 2.79. The molecule has 1 nitrogen and oxygen atoms in total. The molecule has 3 aromatic rings. The highest BCUT2D eigenvalue weighted by Crippen LogP contribution is 2.33. The molecule has 0 fully saturated rings. The van der Waals surface area contributed by atoms with Crippen LogP contribution in [-0.2, 0) is 6.42 Å². The van der Waals surface area contributed by atoms with Crippen LogP contribution in [0.4, 0.5) is 5.69 Å². The molecule has 1 aliphatic rings. The van der Waals surface area contributed by atoms with Gasteiger partial charge in [-0.2, -0.15) is 0 Å². The zero-order valence-electron chi connectivity index (χ0n) is 11.7. The van der Waals surface area contributed by atoms with Gasteiger partial charge in [-0.15, -0.1) is 0 Å². The second-order valence-corrected chi connectivity index (χ2v) is 5.31. The Morgan fingerprint density at radius 1 is 0.619 bits per heavy atom. The van der Waals surface area contributed by atoms with Gasteiger partial charge in [-0.25, -0.2) is 0 Å². The second kappa shape index (κ2) is 5.02. The molecule has 0 saturated carbocycles. The maximum Gasteiger partial charge on any atom is 0.0675 e. The van der Waals surface area contributed by atoms with Crippen LogP contribution in [0.1, 0.15) is 11.1 Å². The third-order valence-corrected chi connectivity index (χ3v) is 3.91. The van der Waals surface area contributed by atoms with Crippen LogP contribution < -0.4 is 0 Å². The molecular weight excluding hydrogens is 254 g/mol. The van der Waals surface area contributed by atoms with Crippen LogP contribution in [0.2, 0.25) is 0 Å². The van der Waals surface area contributed by atoms with E-state index >= 15 is 0 Å². The first-order chi connectivity index (χ1) is 10.4. The van der Waals surface area contributed by atoms with E-state index < -0.39 is 0 Å². The summed E-state index contributed by atoms with van der Waals surface area (Å²) in [4.78, 5) is 4.82. The quantitative estimate of drug-likeness (QED) is 0.618. The first-order valence-electron chi connectivity index (χ1n) is 7.21. The van der Waals surface area contributed by atoms with Crippen molar-refractivity contribution >= 4 is 11.4 Å². The number of aliphatic imine (C=N–C) groups is 1. The lowest BCUT2D eigenvalue weighted by Crippen LogP contribution is -1.99. The normalized spacial score (nSPS) is 12.9. The van der Waals surface area contributed by atoms with Crippen molar-refractivity contribution in [2.24, 2.45) is 4.99 Å². The summed E-state index contributed by atoms with van der Waals surface area (Å²) in [6.07, 6.45) is 0.925. The SMILES string of the molecule is c1ccc(C2=Nc3cc(-c4ccccc4)ccc3C2)cc1. The molecule has 0 aliphatic carbocycles. The van der Waals surface area contributed by atoms with Gasteiger partial charge in [0, 0.05) is 6.42 Å². The van der Waals surface area contributed by atoms with Crippen LogP contribution >= 0.6 is 0 Å². The Bertz CT molecular complexity index is 802. The molecule has 0 radical (unpaired) electrons. The average Bonchev–Trinajstić information content (AvgIpc) is 2.99. The van der Waals surface area contributed by atoms with Gasteiger partial charge in [0.25, 0.3) is 0 Å². The van der Waals surface area contributed by atoms with E-state index in [1.54, 1.807) is 0 Å². The largest absolute Gasteiger partial charge is 0.252 e. The number of hydrogen-bond donors (Lipinski definition) is 0. The summed E-state index contributed by atoms with van der Waals surface area (Å²) in [5.74, 6) is 0. The van der Waals surface area contributed by atoms with Gasteiger partial charge < -0.3 is 0 Å². The molecule has 21 heavy (non-hydrogen) atoms. The van der Waals surface area contributed by atoms with E-state index in [2.05, 4.69) is 66.7 Å². The van der Waals surface area contributed by atoms with E-state index in [0.29, 0.717) is 0 Å². The van der Waals surface area contributed by atoms with Crippen molar-refractivity contribution in [2.75, 3.05) is 0 Å². The van der Waals surface area contributed by atoms with Gasteiger partial charge in [-0.3, -0.25) is 4.99 Å². The van der Waals surface area contributed by atoms with Gasteiger partial charge >= 0.3 is 0 Å². The zero-order valence-corrected chi connectivity index (χ0v) is 11.7. The van der Waals surface area contributed by atoms with Crippen molar-refractivity contribution in [3.8, 4) is 11.1 Å². The van der Waals surface area contributed by atoms with E-state index in [4.69, 9.17) is 4.99 Å². The molecule has 1 heterocycles. The Morgan fingerprint density at radius 2 is 1.29 bits per heavy atom. The molecule has 0 aromatic heterocycles. The number of benzene rings is 3. The highest BCUT2D eigenvalue weighted by Gasteiger charge is 2.16. The van der Waals surface area contributed by atoms with Crippen LogP contribution in [0.5, 0.6) is 0 Å². The standard InChI is InChI=1S/C20H15N/c1-3-7-15(8-4-1)17-11-12-18-14-19(21-20(18)13-17)16-9-5-2-6-10-16/h1-13H,14H2. The lowest BCUT2D eigenvalue weighted by atomic mass is 10.0. The summed E-state index contributed by atoms with van der Waals surface area (Å²) >= 11 is 0. The van der Waals surface area contributed by atoms with Crippen molar-refractivity contribution in [3.63, 3.8) is 0 Å². The first-order valence-corrected chi connectivity index (χ1v) is 7.21. The molecule has 100 valence electrons. The average molecular weight is 269 g/mol. The van der Waals surface area contributed by atoms with Gasteiger partial charge in [0.15, 0.2) is 0 Å². The number of nitrogens with zero attached hydrogens (tertiary/aromatic N) is 1. The number of rotatable bonds is 2. The van der Waals surface area contributed by atoms with E-state index in [9.17, 15) is 0 Å². The van der Waals surface area contributed by atoms with Crippen molar-refractivity contribution in [2.45, 2.75) is 6.42 Å². The molecule has 0 spiro atoms. The molecule has 3 aromatic carbocycles. The Morgan fingerprint density at radius 3 is 2.00 bits per heavy atom. The lowest BCUT2D eigenvalue weighted by Gasteiger charge is -2.03. The Balaban J connectivity index is 1.73. The summed E-state index contributed by atoms with van der Waals surface area (Å²) in [6, 6.07) is 27.5. The molecule has 0 N–H and O–H groups in total. The van der Waals surface area contributed by atoms with Crippen LogP contribution in [0, 0.1) is 0 Å². The van der Waals surface area contributed by atoms with Gasteiger partial charge in [-0.1, -0.05) is 72.8 Å². The molecule has 0 saturated heterocycles. The third kappa shape index (κ3) is 2.27. The first kappa shape index (κ1) is 12.1. The fourth-order valence-electron chi connectivity index (χ4n) is 2.79. The maximum atomic E-state index is 4.82. The van der Waals surface area contributed by atoms with Gasteiger partial charge in [0.05, 0.1) is 11.4 Å². The third-order valence-electron chi connectivity index (χ3n) is 3.91. The van der Waals surface area contributed by atoms with Crippen LogP contribution in [0.25, 0.3) is 11.1 Å². The summed E-state index contributed by atoms with van der Waals surface area (Å²) < 4.78 is 0. The summed E-state index contributed by atoms with van der Waals surface area (Å²) in [5, 5.41) is 0. The Kier molecular flexibility index (Phi) is 2.89. The summed E-state index contributed by atoms with van der Waals surface area (Å²) in [6.45, 7) is 0. The lowest BCUT2D eigenvalue weighted by molar-refractivity contribution is 1.39. The van der Waals surface area contributed by atoms with Crippen molar-refractivity contribution in [3.05, 3.63) is 90.0 Å². The van der Waals surface area contributed by atoms with Crippen molar-refractivity contribution in [1.82, 2.24) is 0 Å². The highest BCUT2D eigenvalue weighted by atomic mass is 14.8. The van der Waals surface area contributed by atoms with Crippen LogP contribution in [-0.4, -0.2) is 5.71 Å². The molecular formula is C20H15N. The molecule has 1 heteroatoms. The second-order valence-electron chi connectivity index (χ2n) is 5.31. The minimum Gasteiger partial charge on any atom is -0.252 e. The molecule has 4 rings (SSSR count). The fraction of sp³-hybridized carbons (Fsp3) is 0.0500. The predicted octanol–water partition coefficient (Wildman–Crippen LogP) is 5.03. The minimum absolute atomic E-state index is 0.925.